The average molecular weight is 347 g/mol. The molecule has 0 radical (unpaired) electrons. The van der Waals surface area contributed by atoms with Gasteiger partial charge in [0.15, 0.2) is 0 Å². The van der Waals surface area contributed by atoms with Gasteiger partial charge in [-0.15, -0.1) is 0 Å². The van der Waals surface area contributed by atoms with E-state index < -0.39 is 10.0 Å². The zero-order chi connectivity index (χ0) is 17.0. The Hall–Kier alpha value is -2.05. The Morgan fingerprint density at radius 1 is 0.917 bits per heavy atom. The molecule has 0 N–H and O–H groups in total. The minimum atomic E-state index is -3.46. The molecular weight excluding hydrogens is 326 g/mol. The number of methoxy groups -OCH3 is 1. The lowest BCUT2D eigenvalue weighted by Gasteiger charge is -2.31. The summed E-state index contributed by atoms with van der Waals surface area (Å²) in [4.78, 5) is 0.297. The minimum absolute atomic E-state index is 0.0507. The first kappa shape index (κ1) is 16.8. The monoisotopic (exact) mass is 347 g/mol. The topological polar surface area (TPSA) is 55.8 Å². The summed E-state index contributed by atoms with van der Waals surface area (Å²) < 4.78 is 37.9. The summed E-state index contributed by atoms with van der Waals surface area (Å²) in [6.07, 6.45) is 1.42. The maximum Gasteiger partial charge on any atom is 0.243 e. The lowest BCUT2D eigenvalue weighted by Crippen LogP contribution is -2.41. The van der Waals surface area contributed by atoms with Gasteiger partial charge in [0.05, 0.1) is 12.0 Å². The van der Waals surface area contributed by atoms with Crippen LogP contribution in [0.1, 0.15) is 12.8 Å². The van der Waals surface area contributed by atoms with Crippen LogP contribution in [0, 0.1) is 0 Å². The molecule has 0 saturated carbocycles. The highest BCUT2D eigenvalue weighted by Gasteiger charge is 2.30. The van der Waals surface area contributed by atoms with Crippen molar-refractivity contribution in [3.05, 3.63) is 54.6 Å². The molecule has 1 aliphatic heterocycles. The van der Waals surface area contributed by atoms with Gasteiger partial charge in [0, 0.05) is 13.1 Å². The Labute approximate surface area is 142 Å². The molecule has 0 aliphatic carbocycles. The highest BCUT2D eigenvalue weighted by atomic mass is 32.2. The molecule has 0 spiro atoms. The Balaban J connectivity index is 1.62. The summed E-state index contributed by atoms with van der Waals surface area (Å²) in [6, 6.07) is 16.1. The maximum atomic E-state index is 12.7. The van der Waals surface area contributed by atoms with Crippen molar-refractivity contribution in [2.45, 2.75) is 23.8 Å². The van der Waals surface area contributed by atoms with Gasteiger partial charge in [-0.2, -0.15) is 4.31 Å². The quantitative estimate of drug-likeness (QED) is 0.834. The molecule has 1 aliphatic rings. The first-order valence-corrected chi connectivity index (χ1v) is 9.39. The van der Waals surface area contributed by atoms with Crippen molar-refractivity contribution in [1.29, 1.82) is 0 Å². The van der Waals surface area contributed by atoms with Crippen molar-refractivity contribution in [2.75, 3.05) is 20.2 Å². The van der Waals surface area contributed by atoms with Crippen LogP contribution in [0.3, 0.4) is 0 Å². The molecular formula is C18H21NO4S. The van der Waals surface area contributed by atoms with Crippen LogP contribution in [0.2, 0.25) is 0 Å². The van der Waals surface area contributed by atoms with E-state index in [0.29, 0.717) is 36.6 Å². The summed E-state index contributed by atoms with van der Waals surface area (Å²) >= 11 is 0. The van der Waals surface area contributed by atoms with Crippen LogP contribution in [-0.4, -0.2) is 39.0 Å². The number of rotatable bonds is 5. The highest BCUT2D eigenvalue weighted by Crippen LogP contribution is 2.24. The molecule has 2 aromatic rings. The van der Waals surface area contributed by atoms with E-state index in [4.69, 9.17) is 9.47 Å². The van der Waals surface area contributed by atoms with Crippen molar-refractivity contribution in [3.8, 4) is 11.5 Å². The van der Waals surface area contributed by atoms with Gasteiger partial charge in [-0.25, -0.2) is 8.42 Å². The van der Waals surface area contributed by atoms with Crippen molar-refractivity contribution in [2.24, 2.45) is 0 Å². The van der Waals surface area contributed by atoms with Gasteiger partial charge in [-0.05, 0) is 49.2 Å². The molecule has 2 aromatic carbocycles. The van der Waals surface area contributed by atoms with E-state index in [1.807, 2.05) is 30.3 Å². The van der Waals surface area contributed by atoms with E-state index in [9.17, 15) is 8.42 Å². The van der Waals surface area contributed by atoms with Crippen molar-refractivity contribution >= 4 is 10.0 Å². The van der Waals surface area contributed by atoms with Crippen LogP contribution >= 0.6 is 0 Å². The second-order valence-corrected chi connectivity index (χ2v) is 7.65. The second kappa shape index (κ2) is 7.23. The van der Waals surface area contributed by atoms with Gasteiger partial charge in [0.2, 0.25) is 10.0 Å². The van der Waals surface area contributed by atoms with E-state index in [1.165, 1.54) is 4.31 Å². The van der Waals surface area contributed by atoms with Gasteiger partial charge >= 0.3 is 0 Å². The molecule has 5 nitrogen and oxygen atoms in total. The van der Waals surface area contributed by atoms with E-state index >= 15 is 0 Å². The molecule has 24 heavy (non-hydrogen) atoms. The van der Waals surface area contributed by atoms with E-state index in [0.717, 1.165) is 5.75 Å². The zero-order valence-electron chi connectivity index (χ0n) is 13.6. The molecule has 1 saturated heterocycles. The van der Waals surface area contributed by atoms with Gasteiger partial charge in [0.25, 0.3) is 0 Å². The van der Waals surface area contributed by atoms with Crippen molar-refractivity contribution < 1.29 is 17.9 Å². The fourth-order valence-corrected chi connectivity index (χ4v) is 4.25. The van der Waals surface area contributed by atoms with Crippen LogP contribution in [0.15, 0.2) is 59.5 Å². The Morgan fingerprint density at radius 2 is 1.54 bits per heavy atom. The van der Waals surface area contributed by atoms with Gasteiger partial charge < -0.3 is 9.47 Å². The molecule has 0 amide bonds. The number of ether oxygens (including phenoxy) is 2. The smallest absolute Gasteiger partial charge is 0.243 e. The molecule has 1 fully saturated rings. The summed E-state index contributed by atoms with van der Waals surface area (Å²) in [5.74, 6) is 1.47. The number of benzene rings is 2. The predicted octanol–water partition coefficient (Wildman–Crippen LogP) is 2.93. The predicted molar refractivity (Wildman–Crippen MR) is 91.8 cm³/mol. The normalized spacial score (nSPS) is 16.7. The third-order valence-electron chi connectivity index (χ3n) is 4.14. The molecule has 1 heterocycles. The SMILES string of the molecule is COc1ccc(S(=O)(=O)N2CCC(Oc3ccccc3)CC2)cc1. The number of sulfonamides is 1. The third-order valence-corrected chi connectivity index (χ3v) is 6.06. The highest BCUT2D eigenvalue weighted by molar-refractivity contribution is 7.89. The number of para-hydroxylation sites is 1. The third kappa shape index (κ3) is 3.71. The Kier molecular flexibility index (Phi) is 5.06. The molecule has 0 bridgehead atoms. The van der Waals surface area contributed by atoms with E-state index in [1.54, 1.807) is 31.4 Å². The number of hydrogen-bond acceptors (Lipinski definition) is 4. The molecule has 0 atom stereocenters. The number of piperidine rings is 1. The zero-order valence-corrected chi connectivity index (χ0v) is 14.4. The maximum absolute atomic E-state index is 12.7. The summed E-state index contributed by atoms with van der Waals surface area (Å²) in [7, 11) is -1.90. The van der Waals surface area contributed by atoms with Crippen molar-refractivity contribution in [1.82, 2.24) is 4.31 Å². The summed E-state index contributed by atoms with van der Waals surface area (Å²) in [5, 5.41) is 0. The fraction of sp³-hybridized carbons (Fsp3) is 0.333. The number of hydrogen-bond donors (Lipinski definition) is 0. The number of nitrogens with zero attached hydrogens (tertiary/aromatic N) is 1. The second-order valence-electron chi connectivity index (χ2n) is 5.71. The van der Waals surface area contributed by atoms with Crippen LogP contribution in [-0.2, 0) is 10.0 Å². The molecule has 3 rings (SSSR count). The van der Waals surface area contributed by atoms with Crippen LogP contribution < -0.4 is 9.47 Å². The van der Waals surface area contributed by atoms with Crippen molar-refractivity contribution in [3.63, 3.8) is 0 Å². The van der Waals surface area contributed by atoms with Gasteiger partial charge in [0.1, 0.15) is 17.6 Å². The average Bonchev–Trinajstić information content (AvgIpc) is 2.63. The van der Waals surface area contributed by atoms with Crippen LogP contribution in [0.5, 0.6) is 11.5 Å². The Morgan fingerprint density at radius 3 is 2.12 bits per heavy atom. The molecule has 128 valence electrons. The minimum Gasteiger partial charge on any atom is -0.497 e. The van der Waals surface area contributed by atoms with E-state index in [2.05, 4.69) is 0 Å². The van der Waals surface area contributed by atoms with Gasteiger partial charge in [-0.1, -0.05) is 18.2 Å². The first-order chi connectivity index (χ1) is 11.6. The fourth-order valence-electron chi connectivity index (χ4n) is 2.78. The Bertz CT molecular complexity index is 751. The summed E-state index contributed by atoms with van der Waals surface area (Å²) in [6.45, 7) is 0.928. The lowest BCUT2D eigenvalue weighted by molar-refractivity contribution is 0.135. The van der Waals surface area contributed by atoms with E-state index in [-0.39, 0.29) is 6.10 Å². The van der Waals surface area contributed by atoms with Crippen LogP contribution in [0.25, 0.3) is 0 Å². The first-order valence-electron chi connectivity index (χ1n) is 7.95. The lowest BCUT2D eigenvalue weighted by atomic mass is 10.1. The molecule has 0 unspecified atom stereocenters. The molecule has 0 aromatic heterocycles. The standard InChI is InChI=1S/C18H21NO4S/c1-22-15-7-9-18(10-8-15)24(20,21)19-13-11-17(12-14-19)23-16-5-3-2-4-6-16/h2-10,17H,11-14H2,1H3. The summed E-state index contributed by atoms with van der Waals surface area (Å²) in [5.41, 5.74) is 0. The van der Waals surface area contributed by atoms with Crippen LogP contribution in [0.4, 0.5) is 0 Å². The van der Waals surface area contributed by atoms with Gasteiger partial charge in [-0.3, -0.25) is 0 Å². The molecule has 6 heteroatoms. The largest absolute Gasteiger partial charge is 0.497 e.